The molecule has 0 aliphatic carbocycles. The van der Waals surface area contributed by atoms with E-state index in [1.165, 1.54) is 13.3 Å². The van der Waals surface area contributed by atoms with Gasteiger partial charge in [0.2, 0.25) is 9.84 Å². The van der Waals surface area contributed by atoms with Crippen LogP contribution >= 0.6 is 0 Å². The molecule has 0 bridgehead atoms. The van der Waals surface area contributed by atoms with Crippen LogP contribution in [-0.4, -0.2) is 25.7 Å². The Hall–Kier alpha value is -2.47. The van der Waals surface area contributed by atoms with E-state index in [1.54, 1.807) is 42.5 Å². The maximum Gasteiger partial charge on any atom is 0.208 e. The average molecular weight is 314 g/mol. The van der Waals surface area contributed by atoms with Crippen LogP contribution in [0.4, 0.5) is 0 Å². The lowest BCUT2D eigenvalue weighted by molar-refractivity contribution is 0.418. The van der Waals surface area contributed by atoms with Crippen molar-refractivity contribution in [3.05, 3.63) is 54.2 Å². The zero-order chi connectivity index (χ0) is 15.7. The van der Waals surface area contributed by atoms with Gasteiger partial charge in [0.25, 0.3) is 0 Å². The lowest BCUT2D eigenvalue weighted by Gasteiger charge is -2.09. The topological polar surface area (TPSA) is 69.2 Å². The maximum absolute atomic E-state index is 12.9. The first kappa shape index (κ1) is 14.5. The Kier molecular flexibility index (Phi) is 3.54. The molecule has 0 saturated heterocycles. The molecule has 3 rings (SSSR count). The fourth-order valence-electron chi connectivity index (χ4n) is 2.26. The van der Waals surface area contributed by atoms with Crippen molar-refractivity contribution in [3.63, 3.8) is 0 Å². The Labute approximate surface area is 128 Å². The quantitative estimate of drug-likeness (QED) is 0.743. The number of rotatable bonds is 3. The highest BCUT2D eigenvalue weighted by molar-refractivity contribution is 7.91. The molecule has 0 amide bonds. The van der Waals surface area contributed by atoms with Crippen molar-refractivity contribution in [2.45, 2.75) is 16.7 Å². The van der Waals surface area contributed by atoms with Gasteiger partial charge in [-0.1, -0.05) is 29.8 Å². The van der Waals surface area contributed by atoms with Crippen LogP contribution in [0.5, 0.6) is 5.75 Å². The Morgan fingerprint density at radius 1 is 1.05 bits per heavy atom. The summed E-state index contributed by atoms with van der Waals surface area (Å²) in [6, 6.07) is 11.9. The van der Waals surface area contributed by atoms with E-state index in [2.05, 4.69) is 10.2 Å². The first-order valence-electron chi connectivity index (χ1n) is 6.64. The molecule has 1 heterocycles. The van der Waals surface area contributed by atoms with Crippen molar-refractivity contribution in [2.75, 3.05) is 7.11 Å². The number of nitrogens with zero attached hydrogens (tertiary/aromatic N) is 2. The van der Waals surface area contributed by atoms with Crippen LogP contribution in [0.25, 0.3) is 10.9 Å². The minimum Gasteiger partial charge on any atom is -0.494 e. The second-order valence-corrected chi connectivity index (χ2v) is 6.80. The van der Waals surface area contributed by atoms with Crippen LogP contribution in [0, 0.1) is 6.92 Å². The predicted molar refractivity (Wildman–Crippen MR) is 82.7 cm³/mol. The summed E-state index contributed by atoms with van der Waals surface area (Å²) >= 11 is 0. The second kappa shape index (κ2) is 5.38. The third-order valence-corrected chi connectivity index (χ3v) is 5.24. The van der Waals surface area contributed by atoms with Crippen LogP contribution in [0.2, 0.25) is 0 Å². The van der Waals surface area contributed by atoms with E-state index in [0.717, 1.165) is 5.56 Å². The molecular formula is C16H14N2O3S. The van der Waals surface area contributed by atoms with Gasteiger partial charge < -0.3 is 4.74 Å². The summed E-state index contributed by atoms with van der Waals surface area (Å²) < 4.78 is 30.9. The molecule has 112 valence electrons. The van der Waals surface area contributed by atoms with Crippen molar-refractivity contribution >= 4 is 20.7 Å². The van der Waals surface area contributed by atoms with E-state index in [-0.39, 0.29) is 9.79 Å². The van der Waals surface area contributed by atoms with E-state index in [1.807, 2.05) is 6.92 Å². The molecule has 0 saturated carbocycles. The monoisotopic (exact) mass is 314 g/mol. The molecule has 0 N–H and O–H groups in total. The second-order valence-electron chi connectivity index (χ2n) is 4.88. The summed E-state index contributed by atoms with van der Waals surface area (Å²) in [5, 5.41) is 8.31. The zero-order valence-electron chi connectivity index (χ0n) is 12.1. The molecule has 0 radical (unpaired) electrons. The van der Waals surface area contributed by atoms with E-state index in [9.17, 15) is 8.42 Å². The SMILES string of the molecule is COc1cccc2c(S(=O)(=O)c3ccc(C)cc3)cnnc12. The van der Waals surface area contributed by atoms with E-state index < -0.39 is 9.84 Å². The molecule has 3 aromatic rings. The third-order valence-electron chi connectivity index (χ3n) is 3.44. The smallest absolute Gasteiger partial charge is 0.208 e. The van der Waals surface area contributed by atoms with Gasteiger partial charge in [-0.25, -0.2) is 8.42 Å². The summed E-state index contributed by atoms with van der Waals surface area (Å²) in [7, 11) is -2.15. The summed E-state index contributed by atoms with van der Waals surface area (Å²) in [6.45, 7) is 1.91. The van der Waals surface area contributed by atoms with E-state index in [4.69, 9.17) is 4.74 Å². The number of methoxy groups -OCH3 is 1. The van der Waals surface area contributed by atoms with Gasteiger partial charge in [0, 0.05) is 5.39 Å². The van der Waals surface area contributed by atoms with Crippen LogP contribution in [0.15, 0.2) is 58.5 Å². The Bertz CT molecular complexity index is 935. The van der Waals surface area contributed by atoms with Crippen molar-refractivity contribution in [2.24, 2.45) is 0 Å². The Morgan fingerprint density at radius 2 is 1.77 bits per heavy atom. The fraction of sp³-hybridized carbons (Fsp3) is 0.125. The number of sulfone groups is 1. The molecule has 0 atom stereocenters. The molecule has 0 spiro atoms. The van der Waals surface area contributed by atoms with Gasteiger partial charge in [-0.15, -0.1) is 5.10 Å². The lowest BCUT2D eigenvalue weighted by Crippen LogP contribution is -2.05. The normalized spacial score (nSPS) is 11.5. The van der Waals surface area contributed by atoms with E-state index >= 15 is 0 Å². The van der Waals surface area contributed by atoms with Crippen molar-refractivity contribution < 1.29 is 13.2 Å². The number of benzene rings is 2. The van der Waals surface area contributed by atoms with E-state index in [0.29, 0.717) is 16.7 Å². The molecule has 22 heavy (non-hydrogen) atoms. The van der Waals surface area contributed by atoms with Gasteiger partial charge in [-0.3, -0.25) is 0 Å². The van der Waals surface area contributed by atoms with Crippen LogP contribution < -0.4 is 4.74 Å². The summed E-state index contributed by atoms with van der Waals surface area (Å²) in [5.74, 6) is 0.492. The molecular weight excluding hydrogens is 300 g/mol. The highest BCUT2D eigenvalue weighted by Crippen LogP contribution is 2.30. The van der Waals surface area contributed by atoms with Crippen molar-refractivity contribution in [3.8, 4) is 5.75 Å². The van der Waals surface area contributed by atoms with Gasteiger partial charge >= 0.3 is 0 Å². The number of aryl methyl sites for hydroxylation is 1. The van der Waals surface area contributed by atoms with Gasteiger partial charge in [0.05, 0.1) is 18.2 Å². The number of hydrogen-bond donors (Lipinski definition) is 0. The van der Waals surface area contributed by atoms with Gasteiger partial charge in [0.15, 0.2) is 0 Å². The molecule has 0 aliphatic heterocycles. The standard InChI is InChI=1S/C16H14N2O3S/c1-11-6-8-12(9-7-11)22(19,20)15-10-17-18-16-13(15)4-3-5-14(16)21-2/h3-10H,1-2H3. The molecule has 0 fully saturated rings. The molecule has 1 aromatic heterocycles. The predicted octanol–water partition coefficient (Wildman–Crippen LogP) is 2.78. The number of aromatic nitrogens is 2. The van der Waals surface area contributed by atoms with Crippen molar-refractivity contribution in [1.82, 2.24) is 10.2 Å². The minimum atomic E-state index is -3.67. The first-order valence-corrected chi connectivity index (χ1v) is 8.12. The zero-order valence-corrected chi connectivity index (χ0v) is 13.0. The van der Waals surface area contributed by atoms with Gasteiger partial charge in [-0.05, 0) is 25.1 Å². The number of fused-ring (bicyclic) bond motifs is 1. The lowest BCUT2D eigenvalue weighted by atomic mass is 10.2. The Balaban J connectivity index is 2.28. The molecule has 0 aliphatic rings. The molecule has 6 heteroatoms. The highest BCUT2D eigenvalue weighted by atomic mass is 32.2. The molecule has 2 aromatic carbocycles. The average Bonchev–Trinajstić information content (AvgIpc) is 2.54. The summed E-state index contributed by atoms with van der Waals surface area (Å²) in [4.78, 5) is 0.357. The first-order chi connectivity index (χ1) is 10.5. The van der Waals surface area contributed by atoms with Crippen LogP contribution in [0.3, 0.4) is 0 Å². The largest absolute Gasteiger partial charge is 0.494 e. The number of ether oxygens (including phenoxy) is 1. The summed E-state index contributed by atoms with van der Waals surface area (Å²) in [6.07, 6.45) is 1.27. The number of hydrogen-bond acceptors (Lipinski definition) is 5. The van der Waals surface area contributed by atoms with Crippen LogP contribution in [-0.2, 0) is 9.84 Å². The third kappa shape index (κ3) is 2.31. The fourth-order valence-corrected chi connectivity index (χ4v) is 3.64. The van der Waals surface area contributed by atoms with Crippen molar-refractivity contribution in [1.29, 1.82) is 0 Å². The van der Waals surface area contributed by atoms with Crippen LogP contribution in [0.1, 0.15) is 5.56 Å². The maximum atomic E-state index is 12.9. The van der Waals surface area contributed by atoms with Gasteiger partial charge in [-0.2, -0.15) is 5.10 Å². The highest BCUT2D eigenvalue weighted by Gasteiger charge is 2.22. The van der Waals surface area contributed by atoms with Gasteiger partial charge in [0.1, 0.15) is 16.2 Å². The molecule has 5 nitrogen and oxygen atoms in total. The Morgan fingerprint density at radius 3 is 2.45 bits per heavy atom. The minimum absolute atomic E-state index is 0.125. The summed E-state index contributed by atoms with van der Waals surface area (Å²) in [5.41, 5.74) is 1.43. The molecule has 0 unspecified atom stereocenters.